The number of halogens is 1. The first-order valence-electron chi connectivity index (χ1n) is 4.03. The first kappa shape index (κ1) is 10.9. The third-order valence-corrected chi connectivity index (χ3v) is 2.05. The van der Waals surface area contributed by atoms with Crippen molar-refractivity contribution in [3.8, 4) is 0 Å². The summed E-state index contributed by atoms with van der Waals surface area (Å²) in [7, 11) is 0. The molecule has 1 unspecified atom stereocenters. The number of aryl methyl sites for hydroxylation is 1. The molecule has 0 saturated heterocycles. The number of rotatable bonds is 3. The van der Waals surface area contributed by atoms with Crippen molar-refractivity contribution in [2.24, 2.45) is 0 Å². The SMILES string of the molecule is Cc1ccc(C(O)CC(=O)O)c(Cl)n1. The van der Waals surface area contributed by atoms with Crippen LogP contribution in [0, 0.1) is 6.92 Å². The molecule has 0 aliphatic heterocycles. The molecule has 1 heterocycles. The van der Waals surface area contributed by atoms with Crippen LogP contribution in [0.15, 0.2) is 12.1 Å². The molecule has 4 nitrogen and oxygen atoms in total. The summed E-state index contributed by atoms with van der Waals surface area (Å²) in [6.07, 6.45) is -1.47. The normalized spacial score (nSPS) is 12.5. The molecule has 76 valence electrons. The lowest BCUT2D eigenvalue weighted by Gasteiger charge is -2.09. The van der Waals surface area contributed by atoms with Gasteiger partial charge in [-0.2, -0.15) is 0 Å². The van der Waals surface area contributed by atoms with Gasteiger partial charge in [-0.15, -0.1) is 0 Å². The van der Waals surface area contributed by atoms with Gasteiger partial charge < -0.3 is 10.2 Å². The predicted molar refractivity (Wildman–Crippen MR) is 51.2 cm³/mol. The standard InChI is InChI=1S/C9H10ClNO3/c1-5-2-3-6(9(10)11-5)7(12)4-8(13)14/h2-3,7,12H,4H2,1H3,(H,13,14). The number of carboxylic acids is 1. The van der Waals surface area contributed by atoms with Crippen molar-refractivity contribution < 1.29 is 15.0 Å². The number of hydrogen-bond acceptors (Lipinski definition) is 3. The van der Waals surface area contributed by atoms with Crippen LogP contribution in [0.3, 0.4) is 0 Å². The molecular weight excluding hydrogens is 206 g/mol. The van der Waals surface area contributed by atoms with E-state index in [1.807, 2.05) is 0 Å². The molecule has 2 N–H and O–H groups in total. The Bertz CT molecular complexity index is 354. The monoisotopic (exact) mass is 215 g/mol. The quantitative estimate of drug-likeness (QED) is 0.751. The number of carboxylic acid groups (broad SMARTS) is 1. The van der Waals surface area contributed by atoms with Crippen LogP contribution in [0.1, 0.15) is 23.8 Å². The van der Waals surface area contributed by atoms with Gasteiger partial charge in [-0.3, -0.25) is 4.79 Å². The van der Waals surface area contributed by atoms with Crippen molar-refractivity contribution in [3.63, 3.8) is 0 Å². The van der Waals surface area contributed by atoms with Crippen LogP contribution in [-0.4, -0.2) is 21.2 Å². The van der Waals surface area contributed by atoms with Crippen molar-refractivity contribution in [3.05, 3.63) is 28.5 Å². The zero-order chi connectivity index (χ0) is 10.7. The molecule has 1 aromatic rings. The summed E-state index contributed by atoms with van der Waals surface area (Å²) in [5.74, 6) is -1.07. The van der Waals surface area contributed by atoms with E-state index in [9.17, 15) is 9.90 Å². The van der Waals surface area contributed by atoms with Gasteiger partial charge in [0.25, 0.3) is 0 Å². The van der Waals surface area contributed by atoms with Gasteiger partial charge in [0.05, 0.1) is 12.5 Å². The Kier molecular flexibility index (Phi) is 3.43. The molecule has 0 bridgehead atoms. The predicted octanol–water partition coefficient (Wildman–Crippen LogP) is 1.55. The number of hydrogen-bond donors (Lipinski definition) is 2. The van der Waals surface area contributed by atoms with Crippen LogP contribution in [0.4, 0.5) is 0 Å². The maximum absolute atomic E-state index is 10.3. The van der Waals surface area contributed by atoms with E-state index in [-0.39, 0.29) is 11.6 Å². The van der Waals surface area contributed by atoms with Crippen LogP contribution in [-0.2, 0) is 4.79 Å². The van der Waals surface area contributed by atoms with Crippen molar-refractivity contribution >= 4 is 17.6 Å². The summed E-state index contributed by atoms with van der Waals surface area (Å²) in [5, 5.41) is 18.1. The summed E-state index contributed by atoms with van der Waals surface area (Å²) in [5.41, 5.74) is 1.07. The molecule has 1 rings (SSSR count). The average molecular weight is 216 g/mol. The van der Waals surface area contributed by atoms with E-state index in [2.05, 4.69) is 4.98 Å². The Morgan fingerprint density at radius 1 is 1.64 bits per heavy atom. The minimum Gasteiger partial charge on any atom is -0.481 e. The van der Waals surface area contributed by atoms with Crippen LogP contribution in [0.25, 0.3) is 0 Å². The van der Waals surface area contributed by atoms with Crippen molar-refractivity contribution in [2.45, 2.75) is 19.4 Å². The number of carbonyl (C=O) groups is 1. The summed E-state index contributed by atoms with van der Waals surface area (Å²) in [6, 6.07) is 3.25. The zero-order valence-electron chi connectivity index (χ0n) is 7.57. The van der Waals surface area contributed by atoms with Gasteiger partial charge in [0.1, 0.15) is 5.15 Å². The minimum atomic E-state index is -1.10. The second-order valence-electron chi connectivity index (χ2n) is 2.95. The largest absolute Gasteiger partial charge is 0.481 e. The van der Waals surface area contributed by atoms with E-state index in [1.165, 1.54) is 0 Å². The molecule has 0 radical (unpaired) electrons. The summed E-state index contributed by atoms with van der Waals surface area (Å²) < 4.78 is 0. The first-order valence-corrected chi connectivity index (χ1v) is 4.41. The Morgan fingerprint density at radius 2 is 2.29 bits per heavy atom. The number of aliphatic hydroxyl groups is 1. The second-order valence-corrected chi connectivity index (χ2v) is 3.30. The lowest BCUT2D eigenvalue weighted by Crippen LogP contribution is -2.06. The molecule has 1 atom stereocenters. The molecule has 0 aromatic carbocycles. The maximum atomic E-state index is 10.3. The van der Waals surface area contributed by atoms with Crippen LogP contribution >= 0.6 is 11.6 Å². The highest BCUT2D eigenvalue weighted by atomic mass is 35.5. The maximum Gasteiger partial charge on any atom is 0.306 e. The van der Waals surface area contributed by atoms with Crippen LogP contribution in [0.5, 0.6) is 0 Å². The van der Waals surface area contributed by atoms with Gasteiger partial charge in [-0.05, 0) is 13.0 Å². The lowest BCUT2D eigenvalue weighted by atomic mass is 10.1. The van der Waals surface area contributed by atoms with Gasteiger partial charge in [0, 0.05) is 11.3 Å². The topological polar surface area (TPSA) is 70.4 Å². The van der Waals surface area contributed by atoms with E-state index >= 15 is 0 Å². The highest BCUT2D eigenvalue weighted by Gasteiger charge is 2.15. The lowest BCUT2D eigenvalue weighted by molar-refractivity contribution is -0.139. The fourth-order valence-electron chi connectivity index (χ4n) is 1.06. The Hall–Kier alpha value is -1.13. The molecular formula is C9H10ClNO3. The third-order valence-electron chi connectivity index (χ3n) is 1.74. The van der Waals surface area contributed by atoms with Crippen molar-refractivity contribution in [1.82, 2.24) is 4.98 Å². The van der Waals surface area contributed by atoms with Gasteiger partial charge in [-0.1, -0.05) is 17.7 Å². The fraction of sp³-hybridized carbons (Fsp3) is 0.333. The number of pyridine rings is 1. The van der Waals surface area contributed by atoms with Gasteiger partial charge in [0.15, 0.2) is 0 Å². The summed E-state index contributed by atoms with van der Waals surface area (Å²) >= 11 is 5.74. The molecule has 0 amide bonds. The van der Waals surface area contributed by atoms with Crippen molar-refractivity contribution in [1.29, 1.82) is 0 Å². The zero-order valence-corrected chi connectivity index (χ0v) is 8.32. The van der Waals surface area contributed by atoms with E-state index in [0.717, 1.165) is 5.69 Å². The van der Waals surface area contributed by atoms with Crippen LogP contribution < -0.4 is 0 Å². The molecule has 5 heteroatoms. The first-order chi connectivity index (χ1) is 6.50. The van der Waals surface area contributed by atoms with E-state index in [4.69, 9.17) is 16.7 Å². The number of aromatic nitrogens is 1. The minimum absolute atomic E-state index is 0.152. The highest BCUT2D eigenvalue weighted by molar-refractivity contribution is 6.30. The van der Waals surface area contributed by atoms with Gasteiger partial charge in [0.2, 0.25) is 0 Å². The molecule has 0 aliphatic carbocycles. The summed E-state index contributed by atoms with van der Waals surface area (Å²) in [4.78, 5) is 14.3. The van der Waals surface area contributed by atoms with Gasteiger partial charge in [-0.25, -0.2) is 4.98 Å². The van der Waals surface area contributed by atoms with E-state index in [1.54, 1.807) is 19.1 Å². The molecule has 0 saturated carbocycles. The van der Waals surface area contributed by atoms with Gasteiger partial charge >= 0.3 is 5.97 Å². The summed E-state index contributed by atoms with van der Waals surface area (Å²) in [6.45, 7) is 1.76. The van der Waals surface area contributed by atoms with E-state index < -0.39 is 12.1 Å². The Balaban J connectivity index is 2.90. The third kappa shape index (κ3) is 2.68. The fourth-order valence-corrected chi connectivity index (χ4v) is 1.38. The molecule has 14 heavy (non-hydrogen) atoms. The average Bonchev–Trinajstić information content (AvgIpc) is 2.01. The Labute approximate surface area is 86.2 Å². The number of aliphatic hydroxyl groups excluding tert-OH is 1. The molecule has 0 aliphatic rings. The van der Waals surface area contributed by atoms with E-state index in [0.29, 0.717) is 5.56 Å². The second kappa shape index (κ2) is 4.39. The molecule has 0 fully saturated rings. The smallest absolute Gasteiger partial charge is 0.306 e. The molecule has 0 spiro atoms. The van der Waals surface area contributed by atoms with Crippen LogP contribution in [0.2, 0.25) is 5.15 Å². The number of nitrogens with zero attached hydrogens (tertiary/aromatic N) is 1. The van der Waals surface area contributed by atoms with Crippen molar-refractivity contribution in [2.75, 3.05) is 0 Å². The number of aliphatic carboxylic acids is 1. The Morgan fingerprint density at radius 3 is 2.79 bits per heavy atom. The molecule has 1 aromatic heterocycles. The highest BCUT2D eigenvalue weighted by Crippen LogP contribution is 2.23.